The predicted molar refractivity (Wildman–Crippen MR) is 79.9 cm³/mol. The van der Waals surface area contributed by atoms with Gasteiger partial charge in [0.2, 0.25) is 0 Å². The molecule has 0 aromatic rings. The van der Waals surface area contributed by atoms with Crippen molar-refractivity contribution in [3.63, 3.8) is 0 Å². The highest BCUT2D eigenvalue weighted by atomic mass is 16.5. The number of ether oxygens (including phenoxy) is 1. The minimum Gasteiger partial charge on any atom is -0.376 e. The number of amides is 2. The molecule has 2 N–H and O–H groups in total. The zero-order valence-corrected chi connectivity index (χ0v) is 12.9. The highest BCUT2D eigenvalue weighted by molar-refractivity contribution is 5.74. The molecule has 2 aliphatic rings. The van der Waals surface area contributed by atoms with Crippen molar-refractivity contribution >= 4 is 6.03 Å². The fourth-order valence-corrected chi connectivity index (χ4v) is 3.17. The molecule has 2 rings (SSSR count). The smallest absolute Gasteiger partial charge is 0.315 e. The van der Waals surface area contributed by atoms with Crippen LogP contribution >= 0.6 is 0 Å². The lowest BCUT2D eigenvalue weighted by Gasteiger charge is -2.32. The van der Waals surface area contributed by atoms with Crippen LogP contribution in [0.25, 0.3) is 0 Å². The van der Waals surface area contributed by atoms with E-state index in [0.29, 0.717) is 6.04 Å². The van der Waals surface area contributed by atoms with E-state index in [0.717, 1.165) is 58.3 Å². The molecule has 5 nitrogen and oxygen atoms in total. The molecular weight excluding hydrogens is 254 g/mol. The zero-order chi connectivity index (χ0) is 14.4. The van der Waals surface area contributed by atoms with Gasteiger partial charge in [-0.2, -0.15) is 0 Å². The highest BCUT2D eigenvalue weighted by Gasteiger charge is 2.27. The largest absolute Gasteiger partial charge is 0.376 e. The lowest BCUT2D eigenvalue weighted by molar-refractivity contribution is 0.0792. The van der Waals surface area contributed by atoms with Crippen LogP contribution in [0.15, 0.2) is 0 Å². The maximum atomic E-state index is 12.1. The van der Waals surface area contributed by atoms with Gasteiger partial charge in [-0.3, -0.25) is 0 Å². The van der Waals surface area contributed by atoms with Crippen LogP contribution in [0.4, 0.5) is 4.79 Å². The molecule has 2 heterocycles. The monoisotopic (exact) mass is 283 g/mol. The van der Waals surface area contributed by atoms with E-state index in [9.17, 15) is 4.79 Å². The number of urea groups is 1. The molecule has 0 aliphatic carbocycles. The van der Waals surface area contributed by atoms with Crippen LogP contribution in [0.3, 0.4) is 0 Å². The summed E-state index contributed by atoms with van der Waals surface area (Å²) in [7, 11) is 0. The molecule has 0 aromatic heterocycles. The normalized spacial score (nSPS) is 26.4. The number of carbonyl (C=O) groups excluding carboxylic acids is 1. The maximum absolute atomic E-state index is 12.1. The summed E-state index contributed by atoms with van der Waals surface area (Å²) in [5.74, 6) is 0. The lowest BCUT2D eigenvalue weighted by atomic mass is 10.0. The van der Waals surface area contributed by atoms with E-state index in [2.05, 4.69) is 29.4 Å². The first-order valence-electron chi connectivity index (χ1n) is 8.14. The molecule has 2 atom stereocenters. The first kappa shape index (κ1) is 15.6. The van der Waals surface area contributed by atoms with Crippen LogP contribution in [-0.2, 0) is 4.74 Å². The molecule has 2 fully saturated rings. The molecule has 5 heteroatoms. The summed E-state index contributed by atoms with van der Waals surface area (Å²) in [5.41, 5.74) is 0. The third-order valence-corrected chi connectivity index (χ3v) is 4.54. The molecule has 0 aromatic carbocycles. The van der Waals surface area contributed by atoms with E-state index in [1.165, 1.54) is 0 Å². The number of piperidine rings is 1. The van der Waals surface area contributed by atoms with Gasteiger partial charge in [-0.1, -0.05) is 13.8 Å². The van der Waals surface area contributed by atoms with E-state index in [4.69, 9.17) is 4.74 Å². The summed E-state index contributed by atoms with van der Waals surface area (Å²) in [6.45, 7) is 8.41. The van der Waals surface area contributed by atoms with Gasteiger partial charge in [0, 0.05) is 25.7 Å². The van der Waals surface area contributed by atoms with E-state index in [1.54, 1.807) is 0 Å². The Morgan fingerprint density at radius 2 is 2.05 bits per heavy atom. The van der Waals surface area contributed by atoms with Crippen molar-refractivity contribution < 1.29 is 9.53 Å². The Labute approximate surface area is 122 Å². The minimum absolute atomic E-state index is 0.0256. The summed E-state index contributed by atoms with van der Waals surface area (Å²) < 4.78 is 5.68. The first-order chi connectivity index (χ1) is 9.72. The van der Waals surface area contributed by atoms with E-state index < -0.39 is 0 Å². The number of nitrogens with one attached hydrogen (secondary N) is 2. The summed E-state index contributed by atoms with van der Waals surface area (Å²) in [5, 5.41) is 6.21. The van der Waals surface area contributed by atoms with Crippen molar-refractivity contribution in [1.29, 1.82) is 0 Å². The minimum atomic E-state index is -0.0256. The van der Waals surface area contributed by atoms with Gasteiger partial charge in [0.25, 0.3) is 0 Å². The van der Waals surface area contributed by atoms with Gasteiger partial charge in [-0.15, -0.1) is 0 Å². The quantitative estimate of drug-likeness (QED) is 0.808. The van der Waals surface area contributed by atoms with Gasteiger partial charge in [0.05, 0.1) is 12.1 Å². The highest BCUT2D eigenvalue weighted by Crippen LogP contribution is 2.17. The molecular formula is C15H29N3O2. The van der Waals surface area contributed by atoms with Crippen LogP contribution < -0.4 is 10.6 Å². The second-order valence-corrected chi connectivity index (χ2v) is 5.89. The second kappa shape index (κ2) is 7.84. The molecule has 2 amide bonds. The standard InChI is InChI=1S/C15H29N3O2/c1-3-13(14-6-5-11-20-14)17-15(19)16-12-7-9-18(4-2)10-8-12/h12-14H,3-11H2,1-2H3,(H2,16,17,19)/t13-,14+/m0/s1. The van der Waals surface area contributed by atoms with E-state index in [-0.39, 0.29) is 18.2 Å². The zero-order valence-electron chi connectivity index (χ0n) is 12.9. The topological polar surface area (TPSA) is 53.6 Å². The van der Waals surface area contributed by atoms with Crippen molar-refractivity contribution in [2.75, 3.05) is 26.2 Å². The summed E-state index contributed by atoms with van der Waals surface area (Å²) in [6.07, 6.45) is 5.41. The van der Waals surface area contributed by atoms with Crippen molar-refractivity contribution in [2.45, 2.75) is 64.1 Å². The van der Waals surface area contributed by atoms with Crippen molar-refractivity contribution in [1.82, 2.24) is 15.5 Å². The van der Waals surface area contributed by atoms with Crippen molar-refractivity contribution in [3.05, 3.63) is 0 Å². The Morgan fingerprint density at radius 1 is 1.30 bits per heavy atom. The molecule has 0 radical (unpaired) electrons. The van der Waals surface area contributed by atoms with Crippen molar-refractivity contribution in [3.8, 4) is 0 Å². The molecule has 2 saturated heterocycles. The van der Waals surface area contributed by atoms with Crippen LogP contribution in [0.2, 0.25) is 0 Å². The van der Waals surface area contributed by atoms with Crippen LogP contribution in [-0.4, -0.2) is 55.4 Å². The van der Waals surface area contributed by atoms with Gasteiger partial charge in [-0.25, -0.2) is 4.79 Å². The summed E-state index contributed by atoms with van der Waals surface area (Å²) in [6, 6.07) is 0.440. The molecule has 116 valence electrons. The van der Waals surface area contributed by atoms with Crippen LogP contribution in [0.5, 0.6) is 0 Å². The number of hydrogen-bond acceptors (Lipinski definition) is 3. The van der Waals surface area contributed by atoms with Gasteiger partial charge >= 0.3 is 6.03 Å². The molecule has 2 aliphatic heterocycles. The fourth-order valence-electron chi connectivity index (χ4n) is 3.17. The average molecular weight is 283 g/mol. The fraction of sp³-hybridized carbons (Fsp3) is 0.933. The van der Waals surface area contributed by atoms with E-state index in [1.807, 2.05) is 0 Å². The Balaban J connectivity index is 1.71. The molecule has 0 unspecified atom stereocenters. The first-order valence-corrected chi connectivity index (χ1v) is 8.14. The predicted octanol–water partition coefficient (Wildman–Crippen LogP) is 1.73. The Bertz CT molecular complexity index is 297. The molecule has 0 spiro atoms. The molecule has 0 bridgehead atoms. The SMILES string of the molecule is CC[C@H](NC(=O)NC1CCN(CC)CC1)[C@H]1CCCO1. The number of hydrogen-bond donors (Lipinski definition) is 2. The van der Waals surface area contributed by atoms with Crippen molar-refractivity contribution in [2.24, 2.45) is 0 Å². The summed E-state index contributed by atoms with van der Waals surface area (Å²) in [4.78, 5) is 14.5. The van der Waals surface area contributed by atoms with Crippen LogP contribution in [0, 0.1) is 0 Å². The lowest BCUT2D eigenvalue weighted by Crippen LogP contribution is -2.52. The Morgan fingerprint density at radius 3 is 2.60 bits per heavy atom. The third-order valence-electron chi connectivity index (χ3n) is 4.54. The average Bonchev–Trinajstić information content (AvgIpc) is 2.99. The van der Waals surface area contributed by atoms with Gasteiger partial charge in [-0.05, 0) is 38.6 Å². The number of carbonyl (C=O) groups is 1. The Kier molecular flexibility index (Phi) is 6.10. The van der Waals surface area contributed by atoms with E-state index >= 15 is 0 Å². The van der Waals surface area contributed by atoms with Crippen LogP contribution in [0.1, 0.15) is 46.0 Å². The van der Waals surface area contributed by atoms with Gasteiger partial charge in [0.1, 0.15) is 0 Å². The maximum Gasteiger partial charge on any atom is 0.315 e. The number of nitrogens with zero attached hydrogens (tertiary/aromatic N) is 1. The second-order valence-electron chi connectivity index (χ2n) is 5.89. The number of rotatable bonds is 5. The van der Waals surface area contributed by atoms with Gasteiger partial charge in [0.15, 0.2) is 0 Å². The Hall–Kier alpha value is -0.810. The van der Waals surface area contributed by atoms with Gasteiger partial charge < -0.3 is 20.3 Å². The third kappa shape index (κ3) is 4.35. The molecule has 20 heavy (non-hydrogen) atoms. The molecule has 0 saturated carbocycles. The number of likely N-dealkylation sites (tertiary alicyclic amines) is 1. The summed E-state index contributed by atoms with van der Waals surface area (Å²) >= 11 is 0.